The molecule has 8 heteroatoms. The van der Waals surface area contributed by atoms with Crippen molar-refractivity contribution in [2.45, 2.75) is 57.3 Å². The molecule has 0 bridgehead atoms. The zero-order valence-electron chi connectivity index (χ0n) is 14.7. The Hall–Kier alpha value is 0.258. The van der Waals surface area contributed by atoms with Gasteiger partial charge in [0.1, 0.15) is 0 Å². The Balaban J connectivity index is 5.27. The molecule has 124 valence electrons. The summed E-state index contributed by atoms with van der Waals surface area (Å²) in [5, 5.41) is 0. The summed E-state index contributed by atoms with van der Waals surface area (Å²) in [6.45, 7) is 11.8. The topological polar surface area (TPSA) is 44.8 Å². The fourth-order valence-corrected chi connectivity index (χ4v) is 26.6. The van der Waals surface area contributed by atoms with Crippen molar-refractivity contribution in [3.8, 4) is 0 Å². The molecule has 0 aliphatic heterocycles. The first kappa shape index (κ1) is 21.3. The summed E-state index contributed by atoms with van der Waals surface area (Å²) in [4.78, 5) is 0. The zero-order chi connectivity index (χ0) is 16.5. The molecular formula is C13H32O4Si4. The molecule has 0 aliphatic rings. The quantitative estimate of drug-likeness (QED) is 0.417. The Bertz CT molecular complexity index is 355. The normalized spacial score (nSPS) is 15.7. The van der Waals surface area contributed by atoms with Crippen LogP contribution in [-0.2, 0) is 18.1 Å². The second-order valence-corrected chi connectivity index (χ2v) is 24.1. The van der Waals surface area contributed by atoms with Crippen LogP contribution in [0, 0.1) is 0 Å². The van der Waals surface area contributed by atoms with Gasteiger partial charge >= 0.3 is 0 Å². The van der Waals surface area contributed by atoms with E-state index >= 15 is 0 Å². The fraction of sp³-hybridized carbons (Fsp3) is 0.923. The molecule has 0 rings (SSSR count). The molecule has 0 amide bonds. The maximum Gasteiger partial charge on any atom is 0.276 e. The van der Waals surface area contributed by atoms with E-state index in [1.54, 1.807) is 14.2 Å². The summed E-state index contributed by atoms with van der Waals surface area (Å²) >= 11 is 0. The summed E-state index contributed by atoms with van der Waals surface area (Å²) < 4.78 is 29.3. The molecule has 0 aliphatic carbocycles. The van der Waals surface area contributed by atoms with Crippen molar-refractivity contribution >= 4 is 38.6 Å². The minimum Gasteiger partial charge on any atom is -0.510 e. The first-order chi connectivity index (χ1) is 9.68. The van der Waals surface area contributed by atoms with Crippen LogP contribution >= 0.6 is 0 Å². The van der Waals surface area contributed by atoms with Gasteiger partial charge in [-0.25, -0.2) is 0 Å². The van der Waals surface area contributed by atoms with E-state index in [2.05, 4.69) is 26.2 Å². The maximum atomic E-state index is 12.1. The number of ether oxygens (including phenoxy) is 2. The van der Waals surface area contributed by atoms with Crippen LogP contribution in [0.5, 0.6) is 0 Å². The lowest BCUT2D eigenvalue weighted by molar-refractivity contribution is 0.198. The highest BCUT2D eigenvalue weighted by Crippen LogP contribution is 2.22. The van der Waals surface area contributed by atoms with Crippen LogP contribution in [-0.4, -0.2) is 59.4 Å². The molecule has 0 heterocycles. The lowest BCUT2D eigenvalue weighted by Gasteiger charge is -2.36. The molecule has 0 saturated carbocycles. The maximum absolute atomic E-state index is 12.1. The van der Waals surface area contributed by atoms with E-state index < -0.39 is 32.8 Å². The predicted octanol–water partition coefficient (Wildman–Crippen LogP) is 2.99. The van der Waals surface area contributed by atoms with E-state index in [-0.39, 0.29) is 0 Å². The lowest BCUT2D eigenvalue weighted by atomic mass is 10.5. The molecule has 0 fully saturated rings. The van der Waals surface area contributed by atoms with Gasteiger partial charge in [-0.2, -0.15) is 0 Å². The monoisotopic (exact) mass is 364 g/mol. The van der Waals surface area contributed by atoms with Crippen LogP contribution in [0.2, 0.25) is 43.9 Å². The third-order valence-electron chi connectivity index (χ3n) is 3.26. The molecular weight excluding hydrogens is 332 g/mol. The highest BCUT2D eigenvalue weighted by atomic mass is 29.2. The Morgan fingerprint density at radius 1 is 1.14 bits per heavy atom. The van der Waals surface area contributed by atoms with E-state index in [1.165, 1.54) is 0 Å². The highest BCUT2D eigenvalue weighted by molar-refractivity contribution is 7.33. The van der Waals surface area contributed by atoms with Gasteiger partial charge in [-0.1, -0.05) is 6.92 Å². The molecule has 4 nitrogen and oxygen atoms in total. The van der Waals surface area contributed by atoms with Crippen LogP contribution in [0.4, 0.5) is 0 Å². The summed E-state index contributed by atoms with van der Waals surface area (Å²) in [5.74, 6) is 1.97. The third kappa shape index (κ3) is 9.09. The minimum atomic E-state index is -1.92. The van der Waals surface area contributed by atoms with Gasteiger partial charge in [0.05, 0.1) is 20.9 Å². The number of rotatable bonds is 11. The molecule has 0 saturated heterocycles. The minimum absolute atomic E-state index is 0.767. The summed E-state index contributed by atoms with van der Waals surface area (Å²) in [6, 6.07) is 1.85. The number of hydrogen-bond donors (Lipinski definition) is 0. The van der Waals surface area contributed by atoms with Gasteiger partial charge in [0.2, 0.25) is 0 Å². The van der Waals surface area contributed by atoms with Crippen LogP contribution in [0.15, 0.2) is 0 Å². The van der Waals surface area contributed by atoms with E-state index in [0.717, 1.165) is 30.8 Å². The van der Waals surface area contributed by atoms with Crippen molar-refractivity contribution < 1.29 is 18.1 Å². The fourth-order valence-electron chi connectivity index (χ4n) is 2.34. The van der Waals surface area contributed by atoms with E-state index in [4.69, 9.17) is 13.6 Å². The Morgan fingerprint density at radius 2 is 1.76 bits per heavy atom. The second kappa shape index (κ2) is 10.1. The second-order valence-electron chi connectivity index (χ2n) is 6.49. The summed E-state index contributed by atoms with van der Waals surface area (Å²) in [5.41, 5.74) is 0.819. The average molecular weight is 365 g/mol. The molecule has 0 aromatic rings. The van der Waals surface area contributed by atoms with Gasteiger partial charge in [0, 0.05) is 19.4 Å². The summed E-state index contributed by atoms with van der Waals surface area (Å²) in [7, 11) is -2.58. The highest BCUT2D eigenvalue weighted by Gasteiger charge is 2.39. The van der Waals surface area contributed by atoms with Gasteiger partial charge in [-0.15, -0.1) is 0 Å². The number of methoxy groups -OCH3 is 2. The predicted molar refractivity (Wildman–Crippen MR) is 97.9 cm³/mol. The van der Waals surface area contributed by atoms with Crippen LogP contribution in [0.1, 0.15) is 13.3 Å². The van der Waals surface area contributed by atoms with Crippen molar-refractivity contribution in [3.05, 3.63) is 0 Å². The molecule has 0 spiro atoms. The molecule has 0 aromatic carbocycles. The van der Waals surface area contributed by atoms with Crippen LogP contribution in [0.3, 0.4) is 0 Å². The zero-order valence-corrected chi connectivity index (χ0v) is 18.7. The van der Waals surface area contributed by atoms with Crippen molar-refractivity contribution in [2.24, 2.45) is 0 Å². The van der Waals surface area contributed by atoms with Crippen LogP contribution < -0.4 is 0 Å². The molecule has 0 radical (unpaired) electrons. The van der Waals surface area contributed by atoms with E-state index in [0.29, 0.717) is 0 Å². The first-order valence-corrected chi connectivity index (χ1v) is 18.2. The molecule has 1 unspecified atom stereocenters. The smallest absolute Gasteiger partial charge is 0.276 e. The Morgan fingerprint density at radius 3 is 2.19 bits per heavy atom. The van der Waals surface area contributed by atoms with Crippen molar-refractivity contribution in [3.63, 3.8) is 0 Å². The van der Waals surface area contributed by atoms with Gasteiger partial charge in [0.25, 0.3) is 8.68 Å². The van der Waals surface area contributed by atoms with Gasteiger partial charge in [-0.05, 0) is 44.7 Å². The standard InChI is InChI=1S/C13H32O4Si4/c1-8-18(14)13-19(12-16-3)21(7,11-9-10-15-2)17-20(4,5)6/h12H,8-11,13H2,1-7H3/b19-12-. The lowest BCUT2D eigenvalue weighted by Crippen LogP contribution is -2.54. The van der Waals surface area contributed by atoms with Gasteiger partial charge < -0.3 is 18.1 Å². The van der Waals surface area contributed by atoms with E-state index in [1.807, 2.05) is 12.8 Å². The van der Waals surface area contributed by atoms with Crippen molar-refractivity contribution in [1.29, 1.82) is 0 Å². The first-order valence-electron chi connectivity index (χ1n) is 7.61. The average Bonchev–Trinajstić information content (AvgIpc) is 2.36. The Labute approximate surface area is 135 Å². The molecule has 0 aromatic heterocycles. The van der Waals surface area contributed by atoms with Crippen LogP contribution in [0.25, 0.3) is 0 Å². The van der Waals surface area contributed by atoms with E-state index in [9.17, 15) is 4.46 Å². The largest absolute Gasteiger partial charge is 0.510 e. The SMILES string of the molecule is CC[Si](=O)C/[Si](=C/OC)[Si](C)(CCCOC)O[Si](C)(C)C. The van der Waals surface area contributed by atoms with Crippen molar-refractivity contribution in [2.75, 3.05) is 20.8 Å². The molecule has 21 heavy (non-hydrogen) atoms. The summed E-state index contributed by atoms with van der Waals surface area (Å²) in [6.07, 6.45) is 1.02. The van der Waals surface area contributed by atoms with Gasteiger partial charge in [0.15, 0.2) is 16.2 Å². The molecule has 0 N–H and O–H groups in total. The third-order valence-corrected chi connectivity index (χ3v) is 22.3. The number of hydrogen-bond acceptors (Lipinski definition) is 4. The molecule has 1 atom stereocenters. The van der Waals surface area contributed by atoms with Gasteiger partial charge in [-0.3, -0.25) is 0 Å². The van der Waals surface area contributed by atoms with Crippen molar-refractivity contribution in [1.82, 2.24) is 0 Å². The Kier molecular flexibility index (Phi) is 10.2.